The second-order valence-electron chi connectivity index (χ2n) is 7.48. The number of halogens is 3. The van der Waals surface area contributed by atoms with Crippen molar-refractivity contribution in [3.8, 4) is 11.6 Å². The van der Waals surface area contributed by atoms with Crippen molar-refractivity contribution in [3.05, 3.63) is 52.6 Å². The Bertz CT molecular complexity index is 1440. The number of rotatable bonds is 7. The van der Waals surface area contributed by atoms with E-state index in [1.807, 2.05) is 0 Å². The molecular formula is C21H21F3N4O5S2. The molecule has 1 aromatic carbocycles. The Morgan fingerprint density at radius 2 is 1.91 bits per heavy atom. The van der Waals surface area contributed by atoms with Gasteiger partial charge in [-0.3, -0.25) is 9.59 Å². The lowest BCUT2D eigenvalue weighted by Crippen LogP contribution is -2.35. The fourth-order valence-electron chi connectivity index (χ4n) is 3.03. The quantitative estimate of drug-likeness (QED) is 0.429. The number of pyridine rings is 1. The summed E-state index contributed by atoms with van der Waals surface area (Å²) < 4.78 is 71.4. The van der Waals surface area contributed by atoms with Crippen LogP contribution in [0.25, 0.3) is 16.6 Å². The number of ether oxygens (including phenoxy) is 1. The van der Waals surface area contributed by atoms with Gasteiger partial charge < -0.3 is 9.64 Å². The number of carbonyl (C=O) groups is 1. The van der Waals surface area contributed by atoms with E-state index in [0.717, 1.165) is 42.4 Å². The molecule has 0 aliphatic carbocycles. The van der Waals surface area contributed by atoms with Crippen molar-refractivity contribution in [2.75, 3.05) is 26.1 Å². The minimum atomic E-state index is -4.68. The molecule has 1 atom stereocenters. The summed E-state index contributed by atoms with van der Waals surface area (Å²) in [5, 5.41) is 3.76. The first-order valence-electron chi connectivity index (χ1n) is 10.0. The molecule has 0 radical (unpaired) electrons. The largest absolute Gasteiger partial charge is 0.468 e. The van der Waals surface area contributed by atoms with Gasteiger partial charge in [0.25, 0.3) is 11.5 Å². The van der Waals surface area contributed by atoms with Gasteiger partial charge in [0, 0.05) is 25.5 Å². The molecule has 1 amide bonds. The highest BCUT2D eigenvalue weighted by Crippen LogP contribution is 2.31. The maximum absolute atomic E-state index is 13.2. The molecule has 2 aromatic heterocycles. The van der Waals surface area contributed by atoms with Crippen LogP contribution in [0.15, 0.2) is 46.3 Å². The van der Waals surface area contributed by atoms with E-state index in [1.165, 1.54) is 25.9 Å². The fraction of sp³-hybridized carbons (Fsp3) is 0.333. The van der Waals surface area contributed by atoms with Gasteiger partial charge in [0.05, 0.1) is 29.1 Å². The minimum absolute atomic E-state index is 0.0523. The zero-order chi connectivity index (χ0) is 26.1. The van der Waals surface area contributed by atoms with Gasteiger partial charge >= 0.3 is 6.18 Å². The first kappa shape index (κ1) is 26.5. The Hall–Kier alpha value is -3.13. The summed E-state index contributed by atoms with van der Waals surface area (Å²) in [7, 11) is -0.938. The molecule has 0 aliphatic heterocycles. The Kier molecular flexibility index (Phi) is 7.45. The molecular weight excluding hydrogens is 509 g/mol. The second kappa shape index (κ2) is 9.85. The fourth-order valence-corrected chi connectivity index (χ4v) is 4.67. The standard InChI is InChI=1S/C21H21F3N4O5S2/c1-5-35(31,32)16-9-14(33-20(34-4)19(30)27(2)3)11-25-17(16)28-18(29)15-8-13(21(22,23)24)7-6-12(15)10-26-28/h6-11,20H,5H2,1-4H3. The number of nitrogens with zero attached hydrogens (tertiary/aromatic N) is 4. The molecule has 0 spiro atoms. The van der Waals surface area contributed by atoms with Crippen LogP contribution in [0.5, 0.6) is 5.75 Å². The molecule has 9 nitrogen and oxygen atoms in total. The van der Waals surface area contributed by atoms with Crippen molar-refractivity contribution in [2.24, 2.45) is 0 Å². The van der Waals surface area contributed by atoms with E-state index in [4.69, 9.17) is 4.74 Å². The number of amides is 1. The van der Waals surface area contributed by atoms with Gasteiger partial charge in [-0.2, -0.15) is 23.0 Å². The number of sulfone groups is 1. The van der Waals surface area contributed by atoms with Crippen molar-refractivity contribution in [1.82, 2.24) is 19.7 Å². The number of hydrogen-bond acceptors (Lipinski definition) is 8. The zero-order valence-electron chi connectivity index (χ0n) is 19.0. The first-order chi connectivity index (χ1) is 16.3. The van der Waals surface area contributed by atoms with Crippen molar-refractivity contribution >= 4 is 38.3 Å². The number of fused-ring (bicyclic) bond motifs is 1. The van der Waals surface area contributed by atoms with Crippen LogP contribution in [0, 0.1) is 0 Å². The highest BCUT2D eigenvalue weighted by atomic mass is 32.2. The first-order valence-corrected chi connectivity index (χ1v) is 13.0. The monoisotopic (exact) mass is 530 g/mol. The second-order valence-corrected chi connectivity index (χ2v) is 10.6. The van der Waals surface area contributed by atoms with Gasteiger partial charge in [-0.15, -0.1) is 11.8 Å². The van der Waals surface area contributed by atoms with Crippen LogP contribution in [-0.2, 0) is 20.8 Å². The molecule has 2 heterocycles. The highest BCUT2D eigenvalue weighted by molar-refractivity contribution is 7.99. The molecule has 0 bridgehead atoms. The van der Waals surface area contributed by atoms with Crippen LogP contribution < -0.4 is 10.3 Å². The van der Waals surface area contributed by atoms with E-state index < -0.39 is 43.3 Å². The summed E-state index contributed by atoms with van der Waals surface area (Å²) in [6.07, 6.45) is -0.794. The Labute approximate surface area is 202 Å². The molecule has 3 rings (SSSR count). The molecule has 188 valence electrons. The zero-order valence-corrected chi connectivity index (χ0v) is 20.7. The lowest BCUT2D eigenvalue weighted by molar-refractivity contribution is -0.137. The topological polar surface area (TPSA) is 111 Å². The molecule has 0 aliphatic rings. The maximum atomic E-state index is 13.2. The average Bonchev–Trinajstić information content (AvgIpc) is 2.81. The summed E-state index contributed by atoms with van der Waals surface area (Å²) in [5.74, 6) is -1.20. The summed E-state index contributed by atoms with van der Waals surface area (Å²) in [5.41, 5.74) is -3.00. The molecule has 0 N–H and O–H groups in total. The van der Waals surface area contributed by atoms with E-state index in [-0.39, 0.29) is 28.2 Å². The molecule has 0 saturated carbocycles. The van der Waals surface area contributed by atoms with Crippen molar-refractivity contribution in [2.45, 2.75) is 23.4 Å². The van der Waals surface area contributed by atoms with E-state index in [0.29, 0.717) is 10.7 Å². The highest BCUT2D eigenvalue weighted by Gasteiger charge is 2.31. The van der Waals surface area contributed by atoms with Gasteiger partial charge in [-0.1, -0.05) is 13.0 Å². The SMILES string of the molecule is CCS(=O)(=O)c1cc(OC(SC)C(=O)N(C)C)cnc1-n1ncc2ccc(C(F)(F)F)cc2c1=O. The molecule has 35 heavy (non-hydrogen) atoms. The number of thioether (sulfide) groups is 1. The summed E-state index contributed by atoms with van der Waals surface area (Å²) in [6.45, 7) is 1.37. The van der Waals surface area contributed by atoms with Crippen LogP contribution in [0.3, 0.4) is 0 Å². The number of carbonyl (C=O) groups excluding carboxylic acids is 1. The van der Waals surface area contributed by atoms with Crippen LogP contribution in [0.1, 0.15) is 12.5 Å². The van der Waals surface area contributed by atoms with Crippen LogP contribution in [0.4, 0.5) is 13.2 Å². The number of benzene rings is 1. The minimum Gasteiger partial charge on any atom is -0.468 e. The van der Waals surface area contributed by atoms with Gasteiger partial charge in [-0.05, 0) is 18.4 Å². The van der Waals surface area contributed by atoms with E-state index in [9.17, 15) is 31.2 Å². The predicted octanol–water partition coefficient (Wildman–Crippen LogP) is 2.75. The Balaban J connectivity index is 2.20. The van der Waals surface area contributed by atoms with E-state index in [1.54, 1.807) is 6.26 Å². The third kappa shape index (κ3) is 5.42. The average molecular weight is 531 g/mol. The third-order valence-corrected chi connectivity index (χ3v) is 7.40. The predicted molar refractivity (Wildman–Crippen MR) is 124 cm³/mol. The normalized spacial score (nSPS) is 13.0. The number of hydrogen-bond donors (Lipinski definition) is 0. The maximum Gasteiger partial charge on any atom is 0.416 e. The summed E-state index contributed by atoms with van der Waals surface area (Å²) in [6, 6.07) is 3.71. The van der Waals surface area contributed by atoms with Gasteiger partial charge in [0.1, 0.15) is 10.6 Å². The van der Waals surface area contributed by atoms with Crippen LogP contribution >= 0.6 is 11.8 Å². The molecule has 0 saturated heterocycles. The number of alkyl halides is 3. The smallest absolute Gasteiger partial charge is 0.416 e. The number of likely N-dealkylation sites (N-methyl/N-ethyl adjacent to an activating group) is 1. The van der Waals surface area contributed by atoms with Crippen LogP contribution in [0.2, 0.25) is 0 Å². The molecule has 0 fully saturated rings. The molecule has 1 unspecified atom stereocenters. The third-order valence-electron chi connectivity index (χ3n) is 4.94. The van der Waals surface area contributed by atoms with Crippen molar-refractivity contribution in [1.29, 1.82) is 0 Å². The molecule has 14 heteroatoms. The summed E-state index contributed by atoms with van der Waals surface area (Å²) >= 11 is 1.08. The van der Waals surface area contributed by atoms with Gasteiger partial charge in [0.2, 0.25) is 5.44 Å². The Morgan fingerprint density at radius 3 is 2.49 bits per heavy atom. The Morgan fingerprint density at radius 1 is 1.23 bits per heavy atom. The summed E-state index contributed by atoms with van der Waals surface area (Å²) in [4.78, 5) is 30.3. The van der Waals surface area contributed by atoms with Crippen molar-refractivity contribution < 1.29 is 31.1 Å². The van der Waals surface area contributed by atoms with Crippen LogP contribution in [-0.4, -0.2) is 65.5 Å². The molecule has 3 aromatic rings. The van der Waals surface area contributed by atoms with E-state index >= 15 is 0 Å². The van der Waals surface area contributed by atoms with Gasteiger partial charge in [0.15, 0.2) is 15.7 Å². The lowest BCUT2D eigenvalue weighted by atomic mass is 10.1. The van der Waals surface area contributed by atoms with Gasteiger partial charge in [-0.25, -0.2) is 13.4 Å². The number of aromatic nitrogens is 3. The van der Waals surface area contributed by atoms with E-state index in [2.05, 4.69) is 10.1 Å². The van der Waals surface area contributed by atoms with Crippen molar-refractivity contribution in [3.63, 3.8) is 0 Å². The lowest BCUT2D eigenvalue weighted by Gasteiger charge is -2.20.